The van der Waals surface area contributed by atoms with Crippen LogP contribution in [0, 0.1) is 0 Å². The second kappa shape index (κ2) is 16.9. The Morgan fingerprint density at radius 1 is 0.949 bits per heavy atom. The molecule has 1 aromatic heterocycles. The number of hydrogen-bond acceptors (Lipinski definition) is 13. The van der Waals surface area contributed by atoms with Crippen LogP contribution in [-0.2, 0) is 49.6 Å². The van der Waals surface area contributed by atoms with E-state index in [1.165, 1.54) is 16.3 Å². The molecule has 0 N–H and O–H groups in total. The average molecular weight is 589 g/mol. The number of benzene rings is 1. The summed E-state index contributed by atoms with van der Waals surface area (Å²) in [5, 5.41) is 0.583. The number of ether oxygens (including phenoxy) is 5. The molecule has 0 saturated heterocycles. The molecule has 0 amide bonds. The van der Waals surface area contributed by atoms with Crippen molar-refractivity contribution >= 4 is 31.7 Å². The Kier molecular flexibility index (Phi) is 14.0. The highest BCUT2D eigenvalue weighted by Crippen LogP contribution is 2.48. The van der Waals surface area contributed by atoms with Crippen LogP contribution in [0.2, 0.25) is 0 Å². The summed E-state index contributed by atoms with van der Waals surface area (Å²) >= 11 is 1.44. The summed E-state index contributed by atoms with van der Waals surface area (Å²) in [5.74, 6) is 0.674. The summed E-state index contributed by atoms with van der Waals surface area (Å²) in [6, 6.07) is 11.5. The lowest BCUT2D eigenvalue weighted by Gasteiger charge is -2.19. The van der Waals surface area contributed by atoms with Crippen LogP contribution in [0.25, 0.3) is 0 Å². The topological polar surface area (TPSA) is 151 Å². The summed E-state index contributed by atoms with van der Waals surface area (Å²) < 4.78 is 48.9. The molecule has 0 unspecified atom stereocenters. The van der Waals surface area contributed by atoms with Gasteiger partial charge in [-0.2, -0.15) is 4.98 Å². The molecule has 2 aromatic rings. The van der Waals surface area contributed by atoms with Gasteiger partial charge < -0.3 is 23.7 Å². The maximum Gasteiger partial charge on any atom is 0.510 e. The van der Waals surface area contributed by atoms with Crippen molar-refractivity contribution in [2.24, 2.45) is 0 Å². The number of rotatable bonds is 16. The SMILES string of the molecule is CC(C)OC(=O)OCOP(=O)(COCCn1ccc(SCc2ccccc2)nc1=O)OCOC(=O)OC(C)C. The van der Waals surface area contributed by atoms with Gasteiger partial charge in [0, 0.05) is 11.9 Å². The number of carbonyl (C=O) groups is 2. The third-order valence-corrected chi connectivity index (χ3v) is 6.82. The molecule has 0 spiro atoms. The average Bonchev–Trinajstić information content (AvgIpc) is 2.86. The first-order chi connectivity index (χ1) is 18.6. The quantitative estimate of drug-likeness (QED) is 0.0661. The largest absolute Gasteiger partial charge is 0.510 e. The first kappa shape index (κ1) is 32.3. The molecule has 15 heteroatoms. The van der Waals surface area contributed by atoms with Crippen molar-refractivity contribution in [3.63, 3.8) is 0 Å². The van der Waals surface area contributed by atoms with Crippen molar-refractivity contribution in [2.45, 2.75) is 57.2 Å². The number of nitrogens with zero attached hydrogens (tertiary/aromatic N) is 2. The molecule has 0 radical (unpaired) electrons. The Balaban J connectivity index is 1.85. The first-order valence-electron chi connectivity index (χ1n) is 11.9. The van der Waals surface area contributed by atoms with Crippen LogP contribution in [0.5, 0.6) is 0 Å². The van der Waals surface area contributed by atoms with E-state index in [-0.39, 0.29) is 13.2 Å². The van der Waals surface area contributed by atoms with Crippen molar-refractivity contribution in [1.29, 1.82) is 0 Å². The van der Waals surface area contributed by atoms with E-state index in [9.17, 15) is 18.9 Å². The third kappa shape index (κ3) is 13.6. The number of hydrogen-bond donors (Lipinski definition) is 0. The van der Waals surface area contributed by atoms with Crippen LogP contribution in [0.15, 0.2) is 52.4 Å². The maximum atomic E-state index is 13.0. The van der Waals surface area contributed by atoms with Gasteiger partial charge in [0.15, 0.2) is 0 Å². The zero-order valence-electron chi connectivity index (χ0n) is 22.2. The van der Waals surface area contributed by atoms with Gasteiger partial charge in [0.1, 0.15) is 11.4 Å². The predicted octanol–water partition coefficient (Wildman–Crippen LogP) is 4.77. The summed E-state index contributed by atoms with van der Waals surface area (Å²) in [7, 11) is -4.07. The molecule has 0 aliphatic carbocycles. The van der Waals surface area contributed by atoms with Crippen molar-refractivity contribution in [3.8, 4) is 0 Å². The second-order valence-electron chi connectivity index (χ2n) is 8.28. The number of carbonyl (C=O) groups excluding carboxylic acids is 2. The van der Waals surface area contributed by atoms with E-state index in [1.807, 2.05) is 30.3 Å². The predicted molar refractivity (Wildman–Crippen MR) is 140 cm³/mol. The van der Waals surface area contributed by atoms with E-state index in [0.717, 1.165) is 5.56 Å². The lowest BCUT2D eigenvalue weighted by molar-refractivity contribution is -0.0344. The summed E-state index contributed by atoms with van der Waals surface area (Å²) in [6.07, 6.45) is -1.94. The minimum absolute atomic E-state index is 0.0543. The number of aromatic nitrogens is 2. The maximum absolute atomic E-state index is 13.0. The Morgan fingerprint density at radius 3 is 2.08 bits per heavy atom. The molecular weight excluding hydrogens is 555 g/mol. The van der Waals surface area contributed by atoms with Crippen molar-refractivity contribution in [2.75, 3.05) is 26.5 Å². The van der Waals surface area contributed by atoms with Gasteiger partial charge in [0.05, 0.1) is 25.4 Å². The van der Waals surface area contributed by atoms with Gasteiger partial charge in [-0.05, 0) is 39.3 Å². The van der Waals surface area contributed by atoms with E-state index in [0.29, 0.717) is 10.8 Å². The molecule has 2 rings (SSSR count). The van der Waals surface area contributed by atoms with Crippen LogP contribution in [0.4, 0.5) is 9.59 Å². The Hall–Kier alpha value is -2.90. The van der Waals surface area contributed by atoms with E-state index in [4.69, 9.17) is 32.7 Å². The first-order valence-corrected chi connectivity index (χ1v) is 14.6. The summed E-state index contributed by atoms with van der Waals surface area (Å²) in [5.41, 5.74) is 0.640. The van der Waals surface area contributed by atoms with Crippen LogP contribution in [0.1, 0.15) is 33.3 Å². The highest BCUT2D eigenvalue weighted by Gasteiger charge is 2.27. The van der Waals surface area contributed by atoms with E-state index < -0.39 is 57.7 Å². The van der Waals surface area contributed by atoms with Gasteiger partial charge in [0.2, 0.25) is 13.6 Å². The molecule has 13 nitrogen and oxygen atoms in total. The fourth-order valence-electron chi connectivity index (χ4n) is 2.61. The molecule has 0 aliphatic rings. The molecular formula is C24H33N2O11PS. The smallest absolute Gasteiger partial charge is 0.432 e. The van der Waals surface area contributed by atoms with Crippen LogP contribution in [-0.4, -0.2) is 60.6 Å². The van der Waals surface area contributed by atoms with Crippen molar-refractivity contribution in [1.82, 2.24) is 9.55 Å². The lowest BCUT2D eigenvalue weighted by Crippen LogP contribution is -2.24. The highest BCUT2D eigenvalue weighted by molar-refractivity contribution is 7.98. The molecule has 1 aromatic carbocycles. The minimum Gasteiger partial charge on any atom is -0.432 e. The van der Waals surface area contributed by atoms with E-state index in [2.05, 4.69) is 4.98 Å². The van der Waals surface area contributed by atoms with Gasteiger partial charge in [0.25, 0.3) is 0 Å². The highest BCUT2D eigenvalue weighted by atomic mass is 32.2. The van der Waals surface area contributed by atoms with Gasteiger partial charge in [-0.15, -0.1) is 11.8 Å². The fourth-order valence-corrected chi connectivity index (χ4v) is 4.42. The Morgan fingerprint density at radius 2 is 1.54 bits per heavy atom. The van der Waals surface area contributed by atoms with E-state index >= 15 is 0 Å². The minimum atomic E-state index is -4.07. The third-order valence-electron chi connectivity index (χ3n) is 4.32. The standard InChI is InChI=1S/C24H33N2O11PS/c1-18(2)36-23(28)32-15-34-38(30,35-16-33-24(29)37-19(3)4)17-31-13-12-26-11-10-21(25-22(26)27)39-14-20-8-6-5-7-9-20/h5-11,18-19H,12-17H2,1-4H3. The van der Waals surface area contributed by atoms with E-state index in [1.54, 1.807) is 40.0 Å². The second-order valence-corrected chi connectivity index (χ2v) is 11.3. The van der Waals surface area contributed by atoms with Crippen LogP contribution in [0.3, 0.4) is 0 Å². The normalized spacial score (nSPS) is 11.4. The molecule has 0 aliphatic heterocycles. The van der Waals surface area contributed by atoms with Crippen molar-refractivity contribution < 1.29 is 46.9 Å². The summed E-state index contributed by atoms with van der Waals surface area (Å²) in [4.78, 5) is 39.5. The molecule has 1 heterocycles. The van der Waals surface area contributed by atoms with Gasteiger partial charge in [-0.25, -0.2) is 14.4 Å². The fraction of sp³-hybridized carbons (Fsp3) is 0.500. The molecule has 39 heavy (non-hydrogen) atoms. The molecule has 0 bridgehead atoms. The van der Waals surface area contributed by atoms with Crippen LogP contribution >= 0.6 is 19.4 Å². The van der Waals surface area contributed by atoms with Gasteiger partial charge >= 0.3 is 25.6 Å². The monoisotopic (exact) mass is 588 g/mol. The van der Waals surface area contributed by atoms with Gasteiger partial charge in [-0.3, -0.25) is 18.2 Å². The zero-order chi connectivity index (χ0) is 28.7. The van der Waals surface area contributed by atoms with Crippen LogP contribution < -0.4 is 5.69 Å². The zero-order valence-corrected chi connectivity index (χ0v) is 23.9. The molecule has 216 valence electrons. The lowest BCUT2D eigenvalue weighted by atomic mass is 10.2. The molecule has 0 fully saturated rings. The Bertz CT molecular complexity index is 1110. The summed E-state index contributed by atoms with van der Waals surface area (Å²) in [6.45, 7) is 4.99. The Labute approximate surface area is 230 Å². The van der Waals surface area contributed by atoms with Crippen molar-refractivity contribution in [3.05, 3.63) is 58.6 Å². The molecule has 0 atom stereocenters. The van der Waals surface area contributed by atoms with Gasteiger partial charge in [-0.1, -0.05) is 30.3 Å². The number of thioether (sulfide) groups is 1. The molecule has 0 saturated carbocycles.